The molecule has 1 unspecified atom stereocenters. The molecule has 0 saturated carbocycles. The molecule has 2 fully saturated rings. The third-order valence-corrected chi connectivity index (χ3v) is 5.90. The fourth-order valence-corrected chi connectivity index (χ4v) is 4.27. The van der Waals surface area contributed by atoms with Crippen LogP contribution < -0.4 is 4.90 Å². The van der Waals surface area contributed by atoms with Crippen molar-refractivity contribution in [2.75, 3.05) is 44.2 Å². The van der Waals surface area contributed by atoms with Gasteiger partial charge in [-0.3, -0.25) is 14.7 Å². The van der Waals surface area contributed by atoms with Gasteiger partial charge >= 0.3 is 0 Å². The van der Waals surface area contributed by atoms with E-state index in [0.29, 0.717) is 11.5 Å². The number of hydrogen-bond donors (Lipinski definition) is 0. The first-order chi connectivity index (χ1) is 13.7. The molecule has 5 nitrogen and oxygen atoms in total. The van der Waals surface area contributed by atoms with Crippen molar-refractivity contribution in [1.29, 1.82) is 0 Å². The molecule has 28 heavy (non-hydrogen) atoms. The van der Waals surface area contributed by atoms with Crippen LogP contribution >= 0.6 is 0 Å². The summed E-state index contributed by atoms with van der Waals surface area (Å²) in [6, 6.07) is 12.6. The number of aromatic nitrogens is 1. The average Bonchev–Trinajstić information content (AvgIpc) is 2.75. The van der Waals surface area contributed by atoms with E-state index in [2.05, 4.69) is 46.0 Å². The minimum Gasteiger partial charge on any atom is -0.370 e. The summed E-state index contributed by atoms with van der Waals surface area (Å²) in [6.45, 7) is 8.73. The molecular formula is C23H30N4O. The monoisotopic (exact) mass is 378 g/mol. The molecule has 4 rings (SSSR count). The molecular weight excluding hydrogens is 348 g/mol. The smallest absolute Gasteiger partial charge is 0.255 e. The number of piperidine rings is 1. The first-order valence-electron chi connectivity index (χ1n) is 10.4. The minimum atomic E-state index is 0.110. The SMILES string of the molecule is CC1CCCN(c2cncc(C(=O)N3CCN(Cc4ccccc4)CC3)c2)C1. The highest BCUT2D eigenvalue weighted by atomic mass is 16.2. The van der Waals surface area contributed by atoms with Gasteiger partial charge in [-0.05, 0) is 30.4 Å². The molecule has 2 saturated heterocycles. The van der Waals surface area contributed by atoms with Crippen LogP contribution in [0.15, 0.2) is 48.8 Å². The number of piperazine rings is 1. The minimum absolute atomic E-state index is 0.110. The lowest BCUT2D eigenvalue weighted by molar-refractivity contribution is 0.0628. The van der Waals surface area contributed by atoms with Gasteiger partial charge < -0.3 is 9.80 Å². The third-order valence-electron chi connectivity index (χ3n) is 5.90. The van der Waals surface area contributed by atoms with Gasteiger partial charge in [0.1, 0.15) is 0 Å². The van der Waals surface area contributed by atoms with Gasteiger partial charge in [0, 0.05) is 52.0 Å². The summed E-state index contributed by atoms with van der Waals surface area (Å²) in [6.07, 6.45) is 6.11. The van der Waals surface area contributed by atoms with Crippen molar-refractivity contribution in [2.45, 2.75) is 26.3 Å². The van der Waals surface area contributed by atoms with Crippen LogP contribution in [0.4, 0.5) is 5.69 Å². The summed E-state index contributed by atoms with van der Waals surface area (Å²) >= 11 is 0. The Bertz CT molecular complexity index is 786. The maximum absolute atomic E-state index is 13.0. The molecule has 0 bridgehead atoms. The van der Waals surface area contributed by atoms with Crippen molar-refractivity contribution in [3.05, 3.63) is 59.9 Å². The van der Waals surface area contributed by atoms with Gasteiger partial charge in [0.25, 0.3) is 5.91 Å². The predicted octanol–water partition coefficient (Wildman–Crippen LogP) is 3.28. The highest BCUT2D eigenvalue weighted by Crippen LogP contribution is 2.23. The zero-order valence-corrected chi connectivity index (χ0v) is 16.8. The van der Waals surface area contributed by atoms with Crippen LogP contribution in [0.1, 0.15) is 35.7 Å². The van der Waals surface area contributed by atoms with E-state index in [9.17, 15) is 4.79 Å². The van der Waals surface area contributed by atoms with Crippen molar-refractivity contribution in [3.8, 4) is 0 Å². The third kappa shape index (κ3) is 4.53. The number of anilines is 1. The van der Waals surface area contributed by atoms with Crippen molar-refractivity contribution >= 4 is 11.6 Å². The molecule has 1 amide bonds. The molecule has 2 aliphatic rings. The number of carbonyl (C=O) groups excluding carboxylic acids is 1. The highest BCUT2D eigenvalue weighted by molar-refractivity contribution is 5.94. The Labute approximate surface area is 168 Å². The molecule has 1 aromatic heterocycles. The lowest BCUT2D eigenvalue weighted by Crippen LogP contribution is -2.48. The molecule has 148 valence electrons. The predicted molar refractivity (Wildman–Crippen MR) is 112 cm³/mol. The van der Waals surface area contributed by atoms with Crippen LogP contribution in [0.25, 0.3) is 0 Å². The van der Waals surface area contributed by atoms with Crippen LogP contribution in [-0.2, 0) is 6.54 Å². The summed E-state index contributed by atoms with van der Waals surface area (Å²) in [5.41, 5.74) is 3.13. The Hall–Kier alpha value is -2.40. The number of benzene rings is 1. The number of nitrogens with zero attached hydrogens (tertiary/aromatic N) is 4. The first kappa shape index (κ1) is 18.9. The number of hydrogen-bond acceptors (Lipinski definition) is 4. The van der Waals surface area contributed by atoms with E-state index in [1.807, 2.05) is 23.2 Å². The Balaban J connectivity index is 1.35. The molecule has 1 aromatic carbocycles. The molecule has 3 heterocycles. The van der Waals surface area contributed by atoms with Crippen LogP contribution in [0, 0.1) is 5.92 Å². The summed E-state index contributed by atoms with van der Waals surface area (Å²) in [7, 11) is 0. The second-order valence-electron chi connectivity index (χ2n) is 8.18. The molecule has 1 atom stereocenters. The molecule has 2 aromatic rings. The van der Waals surface area contributed by atoms with Gasteiger partial charge in [-0.2, -0.15) is 0 Å². The molecule has 2 aliphatic heterocycles. The number of rotatable bonds is 4. The zero-order chi connectivity index (χ0) is 19.3. The van der Waals surface area contributed by atoms with Crippen LogP contribution in [0.2, 0.25) is 0 Å². The highest BCUT2D eigenvalue weighted by Gasteiger charge is 2.24. The van der Waals surface area contributed by atoms with Gasteiger partial charge in [0.05, 0.1) is 17.4 Å². The largest absolute Gasteiger partial charge is 0.370 e. The van der Waals surface area contributed by atoms with Gasteiger partial charge in [0.2, 0.25) is 0 Å². The lowest BCUT2D eigenvalue weighted by atomic mass is 10.00. The van der Waals surface area contributed by atoms with E-state index in [0.717, 1.165) is 51.5 Å². The van der Waals surface area contributed by atoms with E-state index in [1.165, 1.54) is 18.4 Å². The standard InChI is InChI=1S/C23H30N4O/c1-19-6-5-9-27(17-19)22-14-21(15-24-16-22)23(28)26-12-10-25(11-13-26)18-20-7-3-2-4-8-20/h2-4,7-8,14-16,19H,5-6,9-13,17-18H2,1H3. The van der Waals surface area contributed by atoms with E-state index in [-0.39, 0.29) is 5.91 Å². The van der Waals surface area contributed by atoms with Crippen molar-refractivity contribution in [1.82, 2.24) is 14.8 Å². The Kier molecular flexibility index (Phi) is 5.91. The molecule has 0 N–H and O–H groups in total. The van der Waals surface area contributed by atoms with Crippen LogP contribution in [0.3, 0.4) is 0 Å². The van der Waals surface area contributed by atoms with Gasteiger partial charge in [-0.25, -0.2) is 0 Å². The van der Waals surface area contributed by atoms with Gasteiger partial charge in [-0.1, -0.05) is 37.3 Å². The second-order valence-corrected chi connectivity index (χ2v) is 8.18. The molecule has 0 spiro atoms. The summed E-state index contributed by atoms with van der Waals surface area (Å²) in [5, 5.41) is 0. The Morgan fingerprint density at radius 2 is 1.86 bits per heavy atom. The second kappa shape index (κ2) is 8.74. The molecule has 5 heteroatoms. The topological polar surface area (TPSA) is 39.7 Å². The first-order valence-corrected chi connectivity index (χ1v) is 10.4. The van der Waals surface area contributed by atoms with Crippen molar-refractivity contribution in [2.24, 2.45) is 5.92 Å². The quantitative estimate of drug-likeness (QED) is 0.819. The van der Waals surface area contributed by atoms with Crippen molar-refractivity contribution in [3.63, 3.8) is 0 Å². The lowest BCUT2D eigenvalue weighted by Gasteiger charge is -2.35. The summed E-state index contributed by atoms with van der Waals surface area (Å²) in [4.78, 5) is 24.1. The van der Waals surface area contributed by atoms with E-state index in [1.54, 1.807) is 6.20 Å². The van der Waals surface area contributed by atoms with E-state index in [4.69, 9.17) is 0 Å². The van der Waals surface area contributed by atoms with Crippen LogP contribution in [0.5, 0.6) is 0 Å². The van der Waals surface area contributed by atoms with Crippen molar-refractivity contribution < 1.29 is 4.79 Å². The summed E-state index contributed by atoms with van der Waals surface area (Å²) in [5.74, 6) is 0.810. The van der Waals surface area contributed by atoms with E-state index >= 15 is 0 Å². The molecule has 0 radical (unpaired) electrons. The van der Waals surface area contributed by atoms with Crippen LogP contribution in [-0.4, -0.2) is 60.0 Å². The Morgan fingerprint density at radius 3 is 2.61 bits per heavy atom. The zero-order valence-electron chi connectivity index (χ0n) is 16.8. The Morgan fingerprint density at radius 1 is 1.07 bits per heavy atom. The normalized spacial score (nSPS) is 21.0. The molecule has 0 aliphatic carbocycles. The fraction of sp³-hybridized carbons (Fsp3) is 0.478. The maximum Gasteiger partial charge on any atom is 0.255 e. The van der Waals surface area contributed by atoms with Gasteiger partial charge in [-0.15, -0.1) is 0 Å². The maximum atomic E-state index is 13.0. The number of amides is 1. The fourth-order valence-electron chi connectivity index (χ4n) is 4.27. The average molecular weight is 379 g/mol. The number of pyridine rings is 1. The van der Waals surface area contributed by atoms with E-state index < -0.39 is 0 Å². The summed E-state index contributed by atoms with van der Waals surface area (Å²) < 4.78 is 0. The number of carbonyl (C=O) groups is 1. The van der Waals surface area contributed by atoms with Gasteiger partial charge in [0.15, 0.2) is 0 Å².